The molecule has 1 fully saturated rings. The van der Waals surface area contributed by atoms with Gasteiger partial charge in [-0.1, -0.05) is 13.3 Å². The quantitative estimate of drug-likeness (QED) is 0.694. The molecule has 1 heterocycles. The Labute approximate surface area is 75.7 Å². The molecule has 0 amide bonds. The summed E-state index contributed by atoms with van der Waals surface area (Å²) in [6, 6.07) is 0. The summed E-state index contributed by atoms with van der Waals surface area (Å²) in [5.41, 5.74) is 0. The van der Waals surface area contributed by atoms with E-state index in [0.29, 0.717) is 0 Å². The fourth-order valence-corrected chi connectivity index (χ4v) is 2.09. The zero-order chi connectivity index (χ0) is 8.81. The van der Waals surface area contributed by atoms with Gasteiger partial charge in [-0.2, -0.15) is 0 Å². The highest BCUT2D eigenvalue weighted by molar-refractivity contribution is 4.73. The zero-order valence-corrected chi connectivity index (χ0v) is 8.31. The summed E-state index contributed by atoms with van der Waals surface area (Å²) in [6.45, 7) is 5.41. The molecule has 1 atom stereocenters. The van der Waals surface area contributed by atoms with Crippen molar-refractivity contribution in [3.05, 3.63) is 0 Å². The van der Waals surface area contributed by atoms with Gasteiger partial charge in [0.2, 0.25) is 0 Å². The molecule has 0 aliphatic carbocycles. The predicted molar refractivity (Wildman–Crippen MR) is 51.3 cm³/mol. The minimum atomic E-state index is 0.860. The van der Waals surface area contributed by atoms with Gasteiger partial charge in [0.05, 0.1) is 0 Å². The van der Waals surface area contributed by atoms with E-state index in [1.807, 2.05) is 7.05 Å². The van der Waals surface area contributed by atoms with E-state index in [2.05, 4.69) is 12.2 Å². The van der Waals surface area contributed by atoms with Crippen molar-refractivity contribution in [2.45, 2.75) is 26.2 Å². The Morgan fingerprint density at radius 1 is 1.42 bits per heavy atom. The lowest BCUT2D eigenvalue weighted by atomic mass is 9.84. The van der Waals surface area contributed by atoms with Crippen molar-refractivity contribution in [1.82, 2.24) is 5.32 Å². The molecule has 1 aliphatic rings. The van der Waals surface area contributed by atoms with Crippen LogP contribution in [0.4, 0.5) is 0 Å². The Morgan fingerprint density at radius 2 is 2.08 bits per heavy atom. The monoisotopic (exact) mass is 171 g/mol. The van der Waals surface area contributed by atoms with Gasteiger partial charge < -0.3 is 10.1 Å². The summed E-state index contributed by atoms with van der Waals surface area (Å²) in [4.78, 5) is 0. The Kier molecular flexibility index (Phi) is 4.62. The normalized spacial score (nSPS) is 22.5. The first-order valence-corrected chi connectivity index (χ1v) is 5.10. The third-order valence-corrected chi connectivity index (χ3v) is 2.92. The molecule has 0 aromatic heterocycles. The first-order chi connectivity index (χ1) is 5.88. The third kappa shape index (κ3) is 2.76. The lowest BCUT2D eigenvalue weighted by molar-refractivity contribution is 0.0461. The second-order valence-corrected chi connectivity index (χ2v) is 3.68. The van der Waals surface area contributed by atoms with Crippen LogP contribution in [-0.2, 0) is 4.74 Å². The van der Waals surface area contributed by atoms with Crippen LogP contribution < -0.4 is 5.32 Å². The van der Waals surface area contributed by atoms with E-state index in [-0.39, 0.29) is 0 Å². The van der Waals surface area contributed by atoms with E-state index in [1.54, 1.807) is 0 Å². The predicted octanol–water partition coefficient (Wildman–Crippen LogP) is 1.66. The molecule has 0 saturated carbocycles. The van der Waals surface area contributed by atoms with Gasteiger partial charge >= 0.3 is 0 Å². The first-order valence-electron chi connectivity index (χ1n) is 5.10. The van der Waals surface area contributed by atoms with Crippen molar-refractivity contribution in [3.8, 4) is 0 Å². The van der Waals surface area contributed by atoms with Gasteiger partial charge in [-0.05, 0) is 38.3 Å². The Bertz CT molecular complexity index is 108. The molecule has 0 radical (unpaired) electrons. The molecule has 2 heteroatoms. The van der Waals surface area contributed by atoms with E-state index in [4.69, 9.17) is 4.74 Å². The maximum absolute atomic E-state index is 5.35. The van der Waals surface area contributed by atoms with Gasteiger partial charge in [0.1, 0.15) is 0 Å². The Balaban J connectivity index is 2.29. The second-order valence-electron chi connectivity index (χ2n) is 3.68. The van der Waals surface area contributed by atoms with Crippen LogP contribution >= 0.6 is 0 Å². The molecule has 1 N–H and O–H groups in total. The minimum Gasteiger partial charge on any atom is -0.381 e. The fraction of sp³-hybridized carbons (Fsp3) is 1.00. The van der Waals surface area contributed by atoms with Crippen molar-refractivity contribution in [2.75, 3.05) is 26.8 Å². The molecule has 72 valence electrons. The van der Waals surface area contributed by atoms with Gasteiger partial charge in [0.25, 0.3) is 0 Å². The standard InChI is InChI=1S/C10H21NO/c1-3-9(8-11-2)10-4-6-12-7-5-10/h9-11H,3-8H2,1-2H3. The Hall–Kier alpha value is -0.0800. The average molecular weight is 171 g/mol. The summed E-state index contributed by atoms with van der Waals surface area (Å²) in [6.07, 6.45) is 3.83. The molecular formula is C10H21NO. The van der Waals surface area contributed by atoms with E-state index in [0.717, 1.165) is 25.0 Å². The van der Waals surface area contributed by atoms with Crippen LogP contribution in [0.2, 0.25) is 0 Å². The second kappa shape index (κ2) is 5.55. The lowest BCUT2D eigenvalue weighted by Crippen LogP contribution is -2.29. The average Bonchev–Trinajstić information content (AvgIpc) is 2.15. The van der Waals surface area contributed by atoms with Gasteiger partial charge in [-0.3, -0.25) is 0 Å². The molecule has 0 aromatic carbocycles. The van der Waals surface area contributed by atoms with E-state index < -0.39 is 0 Å². The third-order valence-electron chi connectivity index (χ3n) is 2.92. The molecule has 12 heavy (non-hydrogen) atoms. The molecule has 1 saturated heterocycles. The van der Waals surface area contributed by atoms with Crippen molar-refractivity contribution >= 4 is 0 Å². The minimum absolute atomic E-state index is 0.860. The van der Waals surface area contributed by atoms with Gasteiger partial charge in [0.15, 0.2) is 0 Å². The van der Waals surface area contributed by atoms with Crippen molar-refractivity contribution in [1.29, 1.82) is 0 Å². The summed E-state index contributed by atoms with van der Waals surface area (Å²) in [5.74, 6) is 1.76. The molecule has 0 bridgehead atoms. The maximum Gasteiger partial charge on any atom is 0.0468 e. The number of hydrogen-bond acceptors (Lipinski definition) is 2. The molecule has 1 rings (SSSR count). The van der Waals surface area contributed by atoms with Gasteiger partial charge in [-0.25, -0.2) is 0 Å². The van der Waals surface area contributed by atoms with Gasteiger partial charge in [-0.15, -0.1) is 0 Å². The summed E-state index contributed by atoms with van der Waals surface area (Å²) in [7, 11) is 2.04. The topological polar surface area (TPSA) is 21.3 Å². The number of nitrogens with one attached hydrogen (secondary N) is 1. The van der Waals surface area contributed by atoms with Crippen LogP contribution in [0.5, 0.6) is 0 Å². The van der Waals surface area contributed by atoms with Crippen LogP contribution in [0.15, 0.2) is 0 Å². The lowest BCUT2D eigenvalue weighted by Gasteiger charge is -2.29. The first kappa shape index (κ1) is 10.0. The Morgan fingerprint density at radius 3 is 2.58 bits per heavy atom. The summed E-state index contributed by atoms with van der Waals surface area (Å²) < 4.78 is 5.35. The van der Waals surface area contributed by atoms with Crippen LogP contribution in [0.25, 0.3) is 0 Å². The highest BCUT2D eigenvalue weighted by Crippen LogP contribution is 2.25. The number of ether oxygens (including phenoxy) is 1. The summed E-state index contributed by atoms with van der Waals surface area (Å²) >= 11 is 0. The highest BCUT2D eigenvalue weighted by Gasteiger charge is 2.21. The molecule has 0 spiro atoms. The van der Waals surface area contributed by atoms with E-state index in [1.165, 1.54) is 25.8 Å². The molecule has 1 aliphatic heterocycles. The van der Waals surface area contributed by atoms with Crippen LogP contribution in [0.3, 0.4) is 0 Å². The number of hydrogen-bond donors (Lipinski definition) is 1. The van der Waals surface area contributed by atoms with Crippen molar-refractivity contribution < 1.29 is 4.74 Å². The van der Waals surface area contributed by atoms with Crippen molar-refractivity contribution in [2.24, 2.45) is 11.8 Å². The maximum atomic E-state index is 5.35. The smallest absolute Gasteiger partial charge is 0.0468 e. The largest absolute Gasteiger partial charge is 0.381 e. The molecule has 2 nitrogen and oxygen atoms in total. The zero-order valence-electron chi connectivity index (χ0n) is 8.31. The number of rotatable bonds is 4. The molecule has 1 unspecified atom stereocenters. The molecule has 0 aromatic rings. The van der Waals surface area contributed by atoms with Crippen LogP contribution in [0.1, 0.15) is 26.2 Å². The SMILES string of the molecule is CCC(CNC)C1CCOCC1. The highest BCUT2D eigenvalue weighted by atomic mass is 16.5. The van der Waals surface area contributed by atoms with Gasteiger partial charge in [0, 0.05) is 13.2 Å². The van der Waals surface area contributed by atoms with E-state index in [9.17, 15) is 0 Å². The van der Waals surface area contributed by atoms with Crippen LogP contribution in [0, 0.1) is 11.8 Å². The molecular weight excluding hydrogens is 150 g/mol. The summed E-state index contributed by atoms with van der Waals surface area (Å²) in [5, 5.41) is 3.28. The fourth-order valence-electron chi connectivity index (χ4n) is 2.09. The van der Waals surface area contributed by atoms with E-state index >= 15 is 0 Å². The van der Waals surface area contributed by atoms with Crippen LogP contribution in [-0.4, -0.2) is 26.8 Å². The van der Waals surface area contributed by atoms with Crippen molar-refractivity contribution in [3.63, 3.8) is 0 Å².